The van der Waals surface area contributed by atoms with Crippen molar-refractivity contribution in [2.45, 2.75) is 0 Å². The molecule has 0 amide bonds. The van der Waals surface area contributed by atoms with Crippen LogP contribution in [0.2, 0.25) is 0 Å². The van der Waals surface area contributed by atoms with E-state index in [-0.39, 0.29) is 19.5 Å². The van der Waals surface area contributed by atoms with Gasteiger partial charge in [-0.05, 0) is 6.07 Å². The third kappa shape index (κ3) is 1.32. The summed E-state index contributed by atoms with van der Waals surface area (Å²) in [6.45, 7) is 0. The molecule has 0 bridgehead atoms. The molecule has 0 fully saturated rings. The Morgan fingerprint density at radius 2 is 2.33 bits per heavy atom. The van der Waals surface area contributed by atoms with E-state index in [1.165, 1.54) is 0 Å². The van der Waals surface area contributed by atoms with Gasteiger partial charge in [0.15, 0.2) is 0 Å². The van der Waals surface area contributed by atoms with Crippen LogP contribution in [0.15, 0.2) is 18.5 Å². The zero-order valence-electron chi connectivity index (χ0n) is 3.39. The molecule has 0 aliphatic heterocycles. The molecular formula is C3H4N2Zn. The van der Waals surface area contributed by atoms with Crippen molar-refractivity contribution in [1.82, 2.24) is 10.2 Å². The van der Waals surface area contributed by atoms with Crippen molar-refractivity contribution in [2.75, 3.05) is 0 Å². The fourth-order valence-electron chi connectivity index (χ4n) is 0.215. The monoisotopic (exact) mass is 132 g/mol. The molecule has 0 aliphatic rings. The summed E-state index contributed by atoms with van der Waals surface area (Å²) in [4.78, 5) is 0. The molecule has 6 heavy (non-hydrogen) atoms. The number of rotatable bonds is 0. The number of hydrogen-bond acceptors (Lipinski definition) is 1. The molecule has 0 aromatic carbocycles. The van der Waals surface area contributed by atoms with Crippen LogP contribution >= 0.6 is 0 Å². The van der Waals surface area contributed by atoms with E-state index in [0.29, 0.717) is 0 Å². The van der Waals surface area contributed by atoms with E-state index in [9.17, 15) is 0 Å². The quantitative estimate of drug-likeness (QED) is 0.510. The fraction of sp³-hybridized carbons (Fsp3) is 0. The Labute approximate surface area is 48.7 Å². The summed E-state index contributed by atoms with van der Waals surface area (Å²) in [5.74, 6) is 0. The molecule has 3 heteroatoms. The van der Waals surface area contributed by atoms with Gasteiger partial charge in [-0.2, -0.15) is 5.10 Å². The van der Waals surface area contributed by atoms with E-state index < -0.39 is 0 Å². The van der Waals surface area contributed by atoms with E-state index in [1.54, 1.807) is 12.4 Å². The van der Waals surface area contributed by atoms with Crippen molar-refractivity contribution in [3.8, 4) is 0 Å². The van der Waals surface area contributed by atoms with Gasteiger partial charge in [-0.1, -0.05) is 0 Å². The fourth-order valence-corrected chi connectivity index (χ4v) is 0.215. The van der Waals surface area contributed by atoms with E-state index in [4.69, 9.17) is 0 Å². The van der Waals surface area contributed by atoms with Gasteiger partial charge in [0.2, 0.25) is 0 Å². The zero-order chi connectivity index (χ0) is 3.54. The summed E-state index contributed by atoms with van der Waals surface area (Å²) >= 11 is 0. The second-order valence-corrected chi connectivity index (χ2v) is 0.766. The Kier molecular flexibility index (Phi) is 2.96. The summed E-state index contributed by atoms with van der Waals surface area (Å²) in [5.41, 5.74) is 0. The summed E-state index contributed by atoms with van der Waals surface area (Å²) in [5, 5.41) is 6.21. The molecule has 0 spiro atoms. The Morgan fingerprint density at radius 3 is 2.50 bits per heavy atom. The van der Waals surface area contributed by atoms with Crippen molar-refractivity contribution in [3.05, 3.63) is 18.5 Å². The average Bonchev–Trinajstić information content (AvgIpc) is 1.76. The number of H-pyrrole nitrogens is 1. The van der Waals surface area contributed by atoms with Crippen molar-refractivity contribution in [3.63, 3.8) is 0 Å². The Balaban J connectivity index is 0.000000250. The van der Waals surface area contributed by atoms with Gasteiger partial charge in [0, 0.05) is 31.9 Å². The van der Waals surface area contributed by atoms with Crippen molar-refractivity contribution in [2.24, 2.45) is 0 Å². The van der Waals surface area contributed by atoms with Gasteiger partial charge in [0.05, 0.1) is 0 Å². The molecule has 1 aromatic rings. The molecule has 1 N–H and O–H groups in total. The maximum absolute atomic E-state index is 3.60. The maximum atomic E-state index is 3.60. The molecule has 0 radical (unpaired) electrons. The number of aromatic amines is 1. The number of aromatic nitrogens is 2. The summed E-state index contributed by atoms with van der Waals surface area (Å²) in [7, 11) is 0. The predicted molar refractivity (Wildman–Crippen MR) is 18.6 cm³/mol. The van der Waals surface area contributed by atoms with Gasteiger partial charge < -0.3 is 0 Å². The average molecular weight is 133 g/mol. The van der Waals surface area contributed by atoms with Gasteiger partial charge in [0.25, 0.3) is 0 Å². The molecule has 0 saturated carbocycles. The normalized spacial score (nSPS) is 6.67. The standard InChI is InChI=1S/C3H4N2.Zn/c1-2-4-5-3-1;/h1-3H,(H,4,5);. The van der Waals surface area contributed by atoms with Crippen LogP contribution in [0.1, 0.15) is 0 Å². The SMILES string of the molecule is [Zn].c1cn[nH]c1. The van der Waals surface area contributed by atoms with Crippen molar-refractivity contribution >= 4 is 0 Å². The minimum Gasteiger partial charge on any atom is -0.286 e. The molecule has 2 nitrogen and oxygen atoms in total. The van der Waals surface area contributed by atoms with Crippen LogP contribution in [0.3, 0.4) is 0 Å². The van der Waals surface area contributed by atoms with Gasteiger partial charge in [-0.3, -0.25) is 5.10 Å². The van der Waals surface area contributed by atoms with E-state index in [2.05, 4.69) is 10.2 Å². The van der Waals surface area contributed by atoms with Crippen LogP contribution in [-0.4, -0.2) is 10.2 Å². The Morgan fingerprint density at radius 1 is 1.50 bits per heavy atom. The third-order valence-electron chi connectivity index (χ3n) is 0.406. The van der Waals surface area contributed by atoms with Crippen LogP contribution in [0, 0.1) is 0 Å². The molecule has 0 saturated heterocycles. The Bertz CT molecular complexity index is 65.3. The van der Waals surface area contributed by atoms with Crippen LogP contribution < -0.4 is 0 Å². The number of nitrogens with zero attached hydrogens (tertiary/aromatic N) is 1. The zero-order valence-corrected chi connectivity index (χ0v) is 6.35. The molecule has 1 aromatic heterocycles. The maximum Gasteiger partial charge on any atom is 0.0487 e. The van der Waals surface area contributed by atoms with Crippen LogP contribution in [0.5, 0.6) is 0 Å². The molecule has 1 rings (SSSR count). The first-order chi connectivity index (χ1) is 2.50. The largest absolute Gasteiger partial charge is 0.286 e. The summed E-state index contributed by atoms with van der Waals surface area (Å²) in [6.07, 6.45) is 3.46. The smallest absolute Gasteiger partial charge is 0.0487 e. The summed E-state index contributed by atoms with van der Waals surface area (Å²) in [6, 6.07) is 1.83. The molecular weight excluding hydrogens is 129 g/mol. The first-order valence-electron chi connectivity index (χ1n) is 1.44. The molecule has 0 unspecified atom stereocenters. The van der Waals surface area contributed by atoms with Crippen LogP contribution in [0.4, 0.5) is 0 Å². The van der Waals surface area contributed by atoms with Crippen LogP contribution in [-0.2, 0) is 19.5 Å². The second-order valence-electron chi connectivity index (χ2n) is 0.766. The number of nitrogens with one attached hydrogen (secondary N) is 1. The van der Waals surface area contributed by atoms with Gasteiger partial charge >= 0.3 is 0 Å². The minimum absolute atomic E-state index is 0. The van der Waals surface area contributed by atoms with E-state index in [1.807, 2.05) is 6.07 Å². The van der Waals surface area contributed by atoms with Gasteiger partial charge in [-0.15, -0.1) is 0 Å². The van der Waals surface area contributed by atoms with Gasteiger partial charge in [-0.25, -0.2) is 0 Å². The first kappa shape index (κ1) is 5.83. The number of hydrogen-bond donors (Lipinski definition) is 1. The van der Waals surface area contributed by atoms with E-state index in [0.717, 1.165) is 0 Å². The van der Waals surface area contributed by atoms with Crippen molar-refractivity contribution < 1.29 is 19.5 Å². The minimum atomic E-state index is 0. The Hall–Kier alpha value is -0.167. The first-order valence-corrected chi connectivity index (χ1v) is 1.44. The topological polar surface area (TPSA) is 28.7 Å². The molecule has 0 atom stereocenters. The molecule has 1 heterocycles. The van der Waals surface area contributed by atoms with Crippen LogP contribution in [0.25, 0.3) is 0 Å². The second kappa shape index (κ2) is 3.04. The summed E-state index contributed by atoms with van der Waals surface area (Å²) < 4.78 is 0. The molecule has 0 aliphatic carbocycles. The van der Waals surface area contributed by atoms with E-state index >= 15 is 0 Å². The van der Waals surface area contributed by atoms with Gasteiger partial charge in [0.1, 0.15) is 0 Å². The van der Waals surface area contributed by atoms with Crippen molar-refractivity contribution in [1.29, 1.82) is 0 Å². The third-order valence-corrected chi connectivity index (χ3v) is 0.406. The molecule has 28 valence electrons. The predicted octanol–water partition coefficient (Wildman–Crippen LogP) is 0.407.